The van der Waals surface area contributed by atoms with Gasteiger partial charge in [-0.15, -0.1) is 0 Å². The van der Waals surface area contributed by atoms with Crippen molar-refractivity contribution >= 4 is 17.9 Å². The van der Waals surface area contributed by atoms with E-state index in [4.69, 9.17) is 14.2 Å². The van der Waals surface area contributed by atoms with E-state index in [9.17, 15) is 14.4 Å². The number of carbonyl (C=O) groups excluding carboxylic acids is 3. The molecule has 0 saturated heterocycles. The minimum absolute atomic E-state index is 0.0901. The Morgan fingerprint density at radius 3 is 0.771 bits per heavy atom. The molecule has 1 unspecified atom stereocenters. The van der Waals surface area contributed by atoms with Gasteiger partial charge in [0.15, 0.2) is 6.10 Å². The van der Waals surface area contributed by atoms with Gasteiger partial charge in [0.1, 0.15) is 13.2 Å². The highest BCUT2D eigenvalue weighted by atomic mass is 16.6. The Labute approximate surface area is 515 Å². The molecule has 0 heterocycles. The van der Waals surface area contributed by atoms with E-state index in [-0.39, 0.29) is 31.1 Å². The van der Waals surface area contributed by atoms with E-state index < -0.39 is 6.10 Å². The summed E-state index contributed by atoms with van der Waals surface area (Å²) in [5.74, 6) is -0.921. The van der Waals surface area contributed by atoms with Crippen LogP contribution in [0.2, 0.25) is 0 Å². The Bertz CT molecular complexity index is 1610. The standard InChI is InChI=1S/C77H134O6/c1-4-7-10-13-16-19-22-25-28-30-32-34-35-36-37-38-39-40-41-43-44-46-49-52-55-58-61-64-67-70-76(79)82-73-74(72-81-75(78)69-66-63-60-57-54-51-48-27-24-21-18-15-12-9-6-3)83-77(80)71-68-65-62-59-56-53-50-47-45-42-33-31-29-26-23-20-17-14-11-8-5-2/h9,12,18,21-22,25,27,30-33,35-36,48,54,57,74H,4-8,10-11,13-17,19-20,23-24,26,28-29,34,37-47,49-53,55-56,58-73H2,1-3H3/b12-9-,21-18-,25-22-,32-30-,33-31-,36-35-,48-27-,57-54-. The van der Waals surface area contributed by atoms with Gasteiger partial charge in [-0.25, -0.2) is 0 Å². The molecule has 0 bridgehead atoms. The number of carbonyl (C=O) groups is 3. The SMILES string of the molecule is CC/C=C\C/C=C\C/C=C\C/C=C\CCCCC(=O)OCC(COC(=O)CCCCCCCCCCCCCCCC/C=C\C/C=C\C/C=C\CCCCCCC)OC(=O)CCCCCCCCCCC/C=C\CCCCCCCCCC. The lowest BCUT2D eigenvalue weighted by molar-refractivity contribution is -0.167. The molecule has 6 heteroatoms. The van der Waals surface area contributed by atoms with E-state index in [0.29, 0.717) is 19.3 Å². The van der Waals surface area contributed by atoms with Crippen molar-refractivity contribution in [3.05, 3.63) is 97.2 Å². The van der Waals surface area contributed by atoms with Crippen LogP contribution >= 0.6 is 0 Å². The third kappa shape index (κ3) is 69.0. The summed E-state index contributed by atoms with van der Waals surface area (Å²) >= 11 is 0. The number of ether oxygens (including phenoxy) is 3. The van der Waals surface area contributed by atoms with Crippen molar-refractivity contribution in [3.63, 3.8) is 0 Å². The first-order chi connectivity index (χ1) is 41.0. The molecule has 0 aliphatic carbocycles. The number of rotatable bonds is 65. The number of hydrogen-bond acceptors (Lipinski definition) is 6. The Kier molecular flexibility index (Phi) is 67.7. The van der Waals surface area contributed by atoms with E-state index >= 15 is 0 Å². The van der Waals surface area contributed by atoms with Crippen LogP contribution < -0.4 is 0 Å². The monoisotopic (exact) mass is 1160 g/mol. The highest BCUT2D eigenvalue weighted by Gasteiger charge is 2.19. The van der Waals surface area contributed by atoms with Crippen molar-refractivity contribution in [2.24, 2.45) is 0 Å². The average Bonchev–Trinajstić information content (AvgIpc) is 3.49. The number of unbranched alkanes of at least 4 members (excludes halogenated alkanes) is 38. The molecule has 478 valence electrons. The van der Waals surface area contributed by atoms with Crippen LogP contribution in [-0.4, -0.2) is 37.2 Å². The first kappa shape index (κ1) is 79.3. The molecule has 0 aromatic rings. The zero-order valence-electron chi connectivity index (χ0n) is 54.9. The van der Waals surface area contributed by atoms with E-state index in [1.54, 1.807) is 0 Å². The Hall–Kier alpha value is -3.67. The van der Waals surface area contributed by atoms with E-state index in [1.807, 2.05) is 0 Å². The van der Waals surface area contributed by atoms with Crippen molar-refractivity contribution in [1.29, 1.82) is 0 Å². The highest BCUT2D eigenvalue weighted by Crippen LogP contribution is 2.17. The fourth-order valence-corrected chi connectivity index (χ4v) is 10.2. The topological polar surface area (TPSA) is 78.9 Å². The second kappa shape index (κ2) is 70.8. The summed E-state index contributed by atoms with van der Waals surface area (Å²) in [5, 5.41) is 0. The normalized spacial score (nSPS) is 12.7. The predicted molar refractivity (Wildman–Crippen MR) is 362 cm³/mol. The maximum atomic E-state index is 13.0. The lowest BCUT2D eigenvalue weighted by atomic mass is 10.0. The summed E-state index contributed by atoms with van der Waals surface area (Å²) in [4.78, 5) is 38.4. The molecular formula is C77H134O6. The number of esters is 3. The summed E-state index contributed by atoms with van der Waals surface area (Å²) in [7, 11) is 0. The van der Waals surface area contributed by atoms with Crippen LogP contribution in [0.15, 0.2) is 97.2 Å². The van der Waals surface area contributed by atoms with Gasteiger partial charge in [0.25, 0.3) is 0 Å². The maximum Gasteiger partial charge on any atom is 0.306 e. The molecule has 0 fully saturated rings. The number of hydrogen-bond donors (Lipinski definition) is 0. The van der Waals surface area contributed by atoms with Crippen LogP contribution in [0, 0.1) is 0 Å². The molecule has 0 rings (SSSR count). The molecule has 0 N–H and O–H groups in total. The lowest BCUT2D eigenvalue weighted by Gasteiger charge is -2.18. The van der Waals surface area contributed by atoms with E-state index in [0.717, 1.165) is 96.3 Å². The van der Waals surface area contributed by atoms with Gasteiger partial charge >= 0.3 is 17.9 Å². The molecule has 0 aromatic carbocycles. The van der Waals surface area contributed by atoms with Crippen molar-refractivity contribution in [1.82, 2.24) is 0 Å². The van der Waals surface area contributed by atoms with Gasteiger partial charge in [0, 0.05) is 19.3 Å². The fourth-order valence-electron chi connectivity index (χ4n) is 10.2. The van der Waals surface area contributed by atoms with E-state index in [1.165, 1.54) is 218 Å². The minimum Gasteiger partial charge on any atom is -0.462 e. The third-order valence-electron chi connectivity index (χ3n) is 15.5. The van der Waals surface area contributed by atoms with Crippen LogP contribution in [0.4, 0.5) is 0 Å². The van der Waals surface area contributed by atoms with Gasteiger partial charge in [-0.1, -0.05) is 311 Å². The van der Waals surface area contributed by atoms with Crippen molar-refractivity contribution in [2.75, 3.05) is 13.2 Å². The lowest BCUT2D eigenvalue weighted by Crippen LogP contribution is -2.30. The molecule has 0 amide bonds. The number of allylic oxidation sites excluding steroid dienone is 16. The molecule has 0 spiro atoms. The molecule has 6 nitrogen and oxygen atoms in total. The molecule has 0 radical (unpaired) electrons. The largest absolute Gasteiger partial charge is 0.462 e. The van der Waals surface area contributed by atoms with Crippen LogP contribution in [-0.2, 0) is 28.6 Å². The molecule has 0 aliphatic heterocycles. The van der Waals surface area contributed by atoms with Crippen molar-refractivity contribution in [2.45, 2.75) is 361 Å². The molecule has 1 atom stereocenters. The maximum absolute atomic E-state index is 13.0. The third-order valence-corrected chi connectivity index (χ3v) is 15.5. The zero-order chi connectivity index (χ0) is 59.9. The quantitative estimate of drug-likeness (QED) is 0.0261. The fraction of sp³-hybridized carbons (Fsp3) is 0.753. The van der Waals surface area contributed by atoms with E-state index in [2.05, 4.69) is 118 Å². The summed E-state index contributed by atoms with van der Waals surface area (Å²) in [6.45, 7) is 6.52. The van der Waals surface area contributed by atoms with Gasteiger partial charge in [-0.05, 0) is 122 Å². The Morgan fingerprint density at radius 2 is 0.470 bits per heavy atom. The second-order valence-electron chi connectivity index (χ2n) is 23.8. The first-order valence-electron chi connectivity index (χ1n) is 35.7. The molecule has 0 aromatic heterocycles. The zero-order valence-corrected chi connectivity index (χ0v) is 54.9. The van der Waals surface area contributed by atoms with Gasteiger partial charge in [0.2, 0.25) is 0 Å². The van der Waals surface area contributed by atoms with Crippen LogP contribution in [0.3, 0.4) is 0 Å². The van der Waals surface area contributed by atoms with Gasteiger partial charge in [-0.3, -0.25) is 14.4 Å². The minimum atomic E-state index is -0.798. The molecule has 0 saturated carbocycles. The average molecular weight is 1160 g/mol. The molecule has 83 heavy (non-hydrogen) atoms. The first-order valence-corrected chi connectivity index (χ1v) is 35.7. The molecule has 0 aliphatic rings. The summed E-state index contributed by atoms with van der Waals surface area (Å²) < 4.78 is 17.0. The van der Waals surface area contributed by atoms with Gasteiger partial charge in [0.05, 0.1) is 0 Å². The summed E-state index contributed by atoms with van der Waals surface area (Å²) in [6.07, 6.45) is 95.8. The van der Waals surface area contributed by atoms with Crippen LogP contribution in [0.1, 0.15) is 355 Å². The van der Waals surface area contributed by atoms with Crippen LogP contribution in [0.5, 0.6) is 0 Å². The smallest absolute Gasteiger partial charge is 0.306 e. The second-order valence-corrected chi connectivity index (χ2v) is 23.8. The summed E-state index contributed by atoms with van der Waals surface area (Å²) in [5.41, 5.74) is 0. The predicted octanol–water partition coefficient (Wildman–Crippen LogP) is 24.8. The Balaban J connectivity index is 4.31. The summed E-state index contributed by atoms with van der Waals surface area (Å²) in [6, 6.07) is 0. The highest BCUT2D eigenvalue weighted by molar-refractivity contribution is 5.71. The molecular weight excluding hydrogens is 1020 g/mol. The van der Waals surface area contributed by atoms with Gasteiger partial charge in [-0.2, -0.15) is 0 Å². The van der Waals surface area contributed by atoms with Crippen molar-refractivity contribution in [3.8, 4) is 0 Å². The Morgan fingerprint density at radius 1 is 0.253 bits per heavy atom. The van der Waals surface area contributed by atoms with Gasteiger partial charge < -0.3 is 14.2 Å². The van der Waals surface area contributed by atoms with Crippen molar-refractivity contribution < 1.29 is 28.6 Å². The van der Waals surface area contributed by atoms with Crippen LogP contribution in [0.25, 0.3) is 0 Å².